The summed E-state index contributed by atoms with van der Waals surface area (Å²) in [5.74, 6) is -0.420. The third kappa shape index (κ3) is 4.32. The van der Waals surface area contributed by atoms with E-state index in [2.05, 4.69) is 0 Å². The van der Waals surface area contributed by atoms with E-state index in [1.165, 1.54) is 7.11 Å². The number of hydrogen-bond acceptors (Lipinski definition) is 5. The van der Waals surface area contributed by atoms with E-state index in [1.54, 1.807) is 36.3 Å². The van der Waals surface area contributed by atoms with Crippen LogP contribution < -0.4 is 4.74 Å². The van der Waals surface area contributed by atoms with Crippen molar-refractivity contribution < 1.29 is 24.2 Å². The van der Waals surface area contributed by atoms with Gasteiger partial charge >= 0.3 is 5.97 Å². The highest BCUT2D eigenvalue weighted by Gasteiger charge is 2.41. The highest BCUT2D eigenvalue weighted by molar-refractivity contribution is 6.05. The molecule has 3 aromatic carbocycles. The molecule has 0 unspecified atom stereocenters. The summed E-state index contributed by atoms with van der Waals surface area (Å²) in [6, 6.07) is 21.6. The van der Waals surface area contributed by atoms with Gasteiger partial charge < -0.3 is 19.5 Å². The van der Waals surface area contributed by atoms with Crippen molar-refractivity contribution in [2.75, 3.05) is 14.2 Å². The molecule has 0 aliphatic carbocycles. The fourth-order valence-corrected chi connectivity index (χ4v) is 4.04. The third-order valence-corrected chi connectivity index (χ3v) is 5.83. The zero-order chi connectivity index (χ0) is 23.5. The Labute approximate surface area is 192 Å². The van der Waals surface area contributed by atoms with Gasteiger partial charge in [0.15, 0.2) is 5.76 Å². The van der Waals surface area contributed by atoms with Crippen molar-refractivity contribution in [3.8, 4) is 5.75 Å². The van der Waals surface area contributed by atoms with Crippen LogP contribution in [-0.2, 0) is 16.1 Å². The fraction of sp³-hybridized carbons (Fsp3) is 0.185. The Morgan fingerprint density at radius 1 is 0.939 bits per heavy atom. The summed E-state index contributed by atoms with van der Waals surface area (Å²) in [5.41, 5.74) is 4.49. The Hall–Kier alpha value is -4.06. The lowest BCUT2D eigenvalue weighted by atomic mass is 9.92. The van der Waals surface area contributed by atoms with E-state index >= 15 is 0 Å². The van der Waals surface area contributed by atoms with Crippen LogP contribution in [0.25, 0.3) is 5.57 Å². The first-order valence-corrected chi connectivity index (χ1v) is 10.5. The van der Waals surface area contributed by atoms with Gasteiger partial charge in [-0.05, 0) is 47.9 Å². The van der Waals surface area contributed by atoms with Crippen molar-refractivity contribution in [2.24, 2.45) is 0 Å². The molecule has 168 valence electrons. The minimum Gasteiger partial charge on any atom is -0.503 e. The van der Waals surface area contributed by atoms with Crippen LogP contribution in [0.5, 0.6) is 5.75 Å². The molecule has 0 saturated heterocycles. The van der Waals surface area contributed by atoms with E-state index in [9.17, 15) is 14.7 Å². The van der Waals surface area contributed by atoms with Gasteiger partial charge in [-0.15, -0.1) is 0 Å². The summed E-state index contributed by atoms with van der Waals surface area (Å²) in [6.07, 6.45) is 0. The topological polar surface area (TPSA) is 76.1 Å². The van der Waals surface area contributed by atoms with E-state index in [-0.39, 0.29) is 5.76 Å². The normalized spacial score (nSPS) is 15.7. The van der Waals surface area contributed by atoms with Gasteiger partial charge in [-0.3, -0.25) is 4.79 Å². The molecule has 1 atom stereocenters. The first-order chi connectivity index (χ1) is 15.9. The van der Waals surface area contributed by atoms with Crippen molar-refractivity contribution in [1.29, 1.82) is 0 Å². The third-order valence-electron chi connectivity index (χ3n) is 5.83. The number of aryl methyl sites for hydroxylation is 1. The van der Waals surface area contributed by atoms with Gasteiger partial charge in [0.05, 0.1) is 25.8 Å². The summed E-state index contributed by atoms with van der Waals surface area (Å²) in [4.78, 5) is 26.7. The van der Waals surface area contributed by atoms with Crippen LogP contribution in [0.15, 0.2) is 78.6 Å². The van der Waals surface area contributed by atoms with Crippen LogP contribution in [0.4, 0.5) is 0 Å². The number of aliphatic hydroxyl groups excluding tert-OH is 1. The second-order valence-corrected chi connectivity index (χ2v) is 7.93. The monoisotopic (exact) mass is 443 g/mol. The molecular weight excluding hydrogens is 418 g/mol. The average Bonchev–Trinajstić information content (AvgIpc) is 3.09. The number of esters is 1. The molecule has 3 aromatic rings. The number of benzene rings is 3. The molecule has 6 heteroatoms. The molecule has 0 bridgehead atoms. The highest BCUT2D eigenvalue weighted by atomic mass is 16.5. The predicted octanol–water partition coefficient (Wildman–Crippen LogP) is 4.84. The highest BCUT2D eigenvalue weighted by Crippen LogP contribution is 2.43. The lowest BCUT2D eigenvalue weighted by Crippen LogP contribution is -2.29. The molecule has 1 aliphatic rings. The second kappa shape index (κ2) is 9.20. The maximum absolute atomic E-state index is 13.2. The van der Waals surface area contributed by atoms with Gasteiger partial charge in [0.25, 0.3) is 5.91 Å². The van der Waals surface area contributed by atoms with E-state index in [0.29, 0.717) is 17.7 Å². The van der Waals surface area contributed by atoms with Gasteiger partial charge in [0, 0.05) is 12.1 Å². The Balaban J connectivity index is 1.77. The lowest BCUT2D eigenvalue weighted by molar-refractivity contribution is -0.130. The number of aliphatic hydroxyl groups is 1. The zero-order valence-electron chi connectivity index (χ0n) is 18.7. The zero-order valence-corrected chi connectivity index (χ0v) is 18.7. The SMILES string of the molecule is COC(=O)c1ccc([C@@H]2C(c3ccc(C)cc3)=C(O)C(=O)N2Cc2ccc(OC)cc2)cc1. The largest absolute Gasteiger partial charge is 0.503 e. The van der Waals surface area contributed by atoms with Crippen molar-refractivity contribution in [2.45, 2.75) is 19.5 Å². The minimum absolute atomic E-state index is 0.269. The van der Waals surface area contributed by atoms with Crippen LogP contribution >= 0.6 is 0 Å². The molecule has 6 nitrogen and oxygen atoms in total. The first kappa shape index (κ1) is 22.1. The van der Waals surface area contributed by atoms with E-state index < -0.39 is 17.9 Å². The average molecular weight is 443 g/mol. The Bertz CT molecular complexity index is 1190. The van der Waals surface area contributed by atoms with Gasteiger partial charge in [0.2, 0.25) is 0 Å². The number of carbonyl (C=O) groups excluding carboxylic acids is 2. The van der Waals surface area contributed by atoms with Crippen molar-refractivity contribution in [3.05, 3.63) is 106 Å². The van der Waals surface area contributed by atoms with Gasteiger partial charge in [-0.2, -0.15) is 0 Å². The molecule has 1 aliphatic heterocycles. The van der Waals surface area contributed by atoms with Gasteiger partial charge in [-0.1, -0.05) is 54.1 Å². The van der Waals surface area contributed by atoms with Crippen LogP contribution in [0, 0.1) is 6.92 Å². The van der Waals surface area contributed by atoms with Crippen LogP contribution in [0.3, 0.4) is 0 Å². The molecular formula is C27H25NO5. The summed E-state index contributed by atoms with van der Waals surface area (Å²) < 4.78 is 10.0. The van der Waals surface area contributed by atoms with Crippen LogP contribution in [0.1, 0.15) is 38.7 Å². The summed E-state index contributed by atoms with van der Waals surface area (Å²) in [7, 11) is 2.93. The lowest BCUT2D eigenvalue weighted by Gasteiger charge is -2.27. The molecule has 0 aromatic heterocycles. The Morgan fingerprint density at radius 2 is 1.58 bits per heavy atom. The second-order valence-electron chi connectivity index (χ2n) is 7.93. The molecule has 1 N–H and O–H groups in total. The van der Waals surface area contributed by atoms with Crippen LogP contribution in [-0.4, -0.2) is 36.1 Å². The predicted molar refractivity (Wildman–Crippen MR) is 125 cm³/mol. The number of ether oxygens (including phenoxy) is 2. The molecule has 0 radical (unpaired) electrons. The molecule has 1 heterocycles. The quantitative estimate of drug-likeness (QED) is 0.552. The van der Waals surface area contributed by atoms with Crippen molar-refractivity contribution in [1.82, 2.24) is 4.90 Å². The maximum atomic E-state index is 13.2. The number of carbonyl (C=O) groups is 2. The van der Waals surface area contributed by atoms with E-state index in [0.717, 1.165) is 28.0 Å². The number of nitrogens with zero attached hydrogens (tertiary/aromatic N) is 1. The van der Waals surface area contributed by atoms with Crippen LogP contribution in [0.2, 0.25) is 0 Å². The summed E-state index contributed by atoms with van der Waals surface area (Å²) >= 11 is 0. The minimum atomic E-state index is -0.519. The standard InChI is InChI=1S/C27H25NO5/c1-17-4-8-19(9-5-17)23-24(20-10-12-21(13-11-20)27(31)33-3)28(26(30)25(23)29)16-18-6-14-22(32-2)15-7-18/h4-15,24,29H,16H2,1-3H3/t24-/m1/s1. The molecule has 1 amide bonds. The molecule has 33 heavy (non-hydrogen) atoms. The van der Waals surface area contributed by atoms with Crippen molar-refractivity contribution in [3.63, 3.8) is 0 Å². The number of rotatable bonds is 6. The van der Waals surface area contributed by atoms with E-state index in [4.69, 9.17) is 9.47 Å². The summed E-state index contributed by atoms with van der Waals surface area (Å²) in [5, 5.41) is 10.9. The van der Waals surface area contributed by atoms with E-state index in [1.807, 2.05) is 55.5 Å². The van der Waals surface area contributed by atoms with Gasteiger partial charge in [0.1, 0.15) is 5.75 Å². The number of amides is 1. The molecule has 0 fully saturated rings. The maximum Gasteiger partial charge on any atom is 0.337 e. The fourth-order valence-electron chi connectivity index (χ4n) is 4.04. The number of hydrogen-bond donors (Lipinski definition) is 1. The van der Waals surface area contributed by atoms with Crippen molar-refractivity contribution >= 4 is 17.4 Å². The Morgan fingerprint density at radius 3 is 2.15 bits per heavy atom. The smallest absolute Gasteiger partial charge is 0.337 e. The molecule has 4 rings (SSSR count). The first-order valence-electron chi connectivity index (χ1n) is 10.5. The summed E-state index contributed by atoms with van der Waals surface area (Å²) in [6.45, 7) is 2.28. The number of methoxy groups -OCH3 is 2. The van der Waals surface area contributed by atoms with Gasteiger partial charge in [-0.25, -0.2) is 4.79 Å². The molecule has 0 spiro atoms. The molecule has 0 saturated carbocycles. The Kier molecular flexibility index (Phi) is 6.18.